The van der Waals surface area contributed by atoms with Gasteiger partial charge in [-0.2, -0.15) is 0 Å². The minimum atomic E-state index is -0.0858. The third-order valence-electron chi connectivity index (χ3n) is 3.71. The maximum atomic E-state index is 12.0. The maximum Gasteiger partial charge on any atom is 0.224 e. The molecule has 132 valence electrons. The fourth-order valence-corrected chi connectivity index (χ4v) is 2.59. The van der Waals surface area contributed by atoms with E-state index in [1.54, 1.807) is 29.2 Å². The van der Waals surface area contributed by atoms with Gasteiger partial charge in [0.05, 0.1) is 6.42 Å². The molecule has 0 aliphatic rings. The van der Waals surface area contributed by atoms with Crippen LogP contribution in [0.5, 0.6) is 0 Å². The van der Waals surface area contributed by atoms with Crippen molar-refractivity contribution in [3.05, 3.63) is 69.7 Å². The molecular weight excluding hydrogens is 359 g/mol. The molecule has 2 aromatic rings. The van der Waals surface area contributed by atoms with Gasteiger partial charge in [-0.1, -0.05) is 47.5 Å². The molecule has 0 heterocycles. The van der Waals surface area contributed by atoms with Gasteiger partial charge in [0, 0.05) is 36.6 Å². The molecule has 0 aliphatic heterocycles. The van der Waals surface area contributed by atoms with Crippen LogP contribution in [0, 0.1) is 0 Å². The molecule has 0 fully saturated rings. The summed E-state index contributed by atoms with van der Waals surface area (Å²) < 4.78 is 0. The molecule has 0 aromatic heterocycles. The number of halogens is 2. The zero-order valence-corrected chi connectivity index (χ0v) is 15.5. The van der Waals surface area contributed by atoms with E-state index in [0.717, 1.165) is 11.1 Å². The van der Waals surface area contributed by atoms with Crippen LogP contribution in [0.2, 0.25) is 10.0 Å². The molecule has 0 spiro atoms. The zero-order chi connectivity index (χ0) is 18.2. The molecule has 0 saturated heterocycles. The second kappa shape index (κ2) is 9.44. The van der Waals surface area contributed by atoms with E-state index in [0.29, 0.717) is 29.7 Å². The molecule has 2 rings (SSSR count). The second-order valence-electron chi connectivity index (χ2n) is 5.72. The standard InChI is InChI=1S/C19H20Cl2N2O2/c1-14(24)23(13-16-4-8-18(21)9-5-16)11-10-22-19(25)12-15-2-6-17(20)7-3-15/h2-9H,10-13H2,1H3,(H,22,25). The normalized spacial score (nSPS) is 10.4. The molecule has 6 heteroatoms. The minimum absolute atomic E-state index is 0.0399. The monoisotopic (exact) mass is 378 g/mol. The van der Waals surface area contributed by atoms with Crippen molar-refractivity contribution < 1.29 is 9.59 Å². The van der Waals surface area contributed by atoms with E-state index in [9.17, 15) is 9.59 Å². The van der Waals surface area contributed by atoms with E-state index in [2.05, 4.69) is 5.32 Å². The average molecular weight is 379 g/mol. The van der Waals surface area contributed by atoms with Crippen LogP contribution in [0.4, 0.5) is 0 Å². The molecule has 2 amide bonds. The van der Waals surface area contributed by atoms with E-state index in [4.69, 9.17) is 23.2 Å². The predicted octanol–water partition coefficient (Wildman–Crippen LogP) is 3.70. The van der Waals surface area contributed by atoms with Gasteiger partial charge >= 0.3 is 0 Å². The summed E-state index contributed by atoms with van der Waals surface area (Å²) >= 11 is 11.7. The smallest absolute Gasteiger partial charge is 0.224 e. The number of carbonyl (C=O) groups is 2. The van der Waals surface area contributed by atoms with Gasteiger partial charge in [0.15, 0.2) is 0 Å². The Kier molecular flexibility index (Phi) is 7.29. The lowest BCUT2D eigenvalue weighted by atomic mass is 10.1. The van der Waals surface area contributed by atoms with Crippen molar-refractivity contribution in [2.45, 2.75) is 19.9 Å². The molecule has 0 bridgehead atoms. The predicted molar refractivity (Wildman–Crippen MR) is 101 cm³/mol. The van der Waals surface area contributed by atoms with Crippen molar-refractivity contribution in [2.75, 3.05) is 13.1 Å². The Morgan fingerprint density at radius 2 is 1.44 bits per heavy atom. The lowest BCUT2D eigenvalue weighted by Gasteiger charge is -2.21. The summed E-state index contributed by atoms with van der Waals surface area (Å²) in [5, 5.41) is 4.14. The molecule has 1 N–H and O–H groups in total. The molecule has 25 heavy (non-hydrogen) atoms. The first-order valence-corrected chi connectivity index (χ1v) is 8.71. The van der Waals surface area contributed by atoms with Crippen LogP contribution >= 0.6 is 23.2 Å². The minimum Gasteiger partial charge on any atom is -0.354 e. The van der Waals surface area contributed by atoms with Crippen molar-refractivity contribution in [1.29, 1.82) is 0 Å². The number of rotatable bonds is 7. The number of benzene rings is 2. The fourth-order valence-electron chi connectivity index (χ4n) is 2.34. The summed E-state index contributed by atoms with van der Waals surface area (Å²) in [6, 6.07) is 14.5. The topological polar surface area (TPSA) is 49.4 Å². The van der Waals surface area contributed by atoms with Crippen LogP contribution < -0.4 is 5.32 Å². The number of nitrogens with one attached hydrogen (secondary N) is 1. The van der Waals surface area contributed by atoms with E-state index < -0.39 is 0 Å². The zero-order valence-electron chi connectivity index (χ0n) is 14.0. The van der Waals surface area contributed by atoms with Gasteiger partial charge in [0.1, 0.15) is 0 Å². The lowest BCUT2D eigenvalue weighted by molar-refractivity contribution is -0.130. The van der Waals surface area contributed by atoms with Crippen LogP contribution in [0.1, 0.15) is 18.1 Å². The fraction of sp³-hybridized carbons (Fsp3) is 0.263. The summed E-state index contributed by atoms with van der Waals surface area (Å²) in [6.07, 6.45) is 0.286. The molecule has 0 saturated carbocycles. The van der Waals surface area contributed by atoms with Gasteiger partial charge in [-0.15, -0.1) is 0 Å². The summed E-state index contributed by atoms with van der Waals surface area (Å²) in [4.78, 5) is 25.5. The molecule has 0 radical (unpaired) electrons. The first-order valence-electron chi connectivity index (χ1n) is 7.95. The highest BCUT2D eigenvalue weighted by molar-refractivity contribution is 6.30. The Labute approximate surface area is 157 Å². The lowest BCUT2D eigenvalue weighted by Crippen LogP contribution is -2.37. The first kappa shape index (κ1) is 19.3. The Hall–Kier alpha value is -2.04. The van der Waals surface area contributed by atoms with Gasteiger partial charge < -0.3 is 10.2 Å². The van der Waals surface area contributed by atoms with Gasteiger partial charge in [0.25, 0.3) is 0 Å². The molecule has 2 aromatic carbocycles. The Morgan fingerprint density at radius 1 is 0.920 bits per heavy atom. The highest BCUT2D eigenvalue weighted by Crippen LogP contribution is 2.12. The number of nitrogens with zero attached hydrogens (tertiary/aromatic N) is 1. The third-order valence-corrected chi connectivity index (χ3v) is 4.22. The van der Waals surface area contributed by atoms with Crippen molar-refractivity contribution in [3.63, 3.8) is 0 Å². The van der Waals surface area contributed by atoms with E-state index in [1.807, 2.05) is 24.3 Å². The number of carbonyl (C=O) groups excluding carboxylic acids is 2. The number of hydrogen-bond donors (Lipinski definition) is 1. The van der Waals surface area contributed by atoms with Crippen LogP contribution in [0.3, 0.4) is 0 Å². The highest BCUT2D eigenvalue weighted by Gasteiger charge is 2.10. The molecular formula is C19H20Cl2N2O2. The Morgan fingerprint density at radius 3 is 1.96 bits per heavy atom. The van der Waals surface area contributed by atoms with Crippen molar-refractivity contribution >= 4 is 35.0 Å². The maximum absolute atomic E-state index is 12.0. The highest BCUT2D eigenvalue weighted by atomic mass is 35.5. The van der Waals surface area contributed by atoms with Crippen LogP contribution in [0.15, 0.2) is 48.5 Å². The molecule has 0 atom stereocenters. The Bertz CT molecular complexity index is 715. The van der Waals surface area contributed by atoms with Crippen molar-refractivity contribution in [3.8, 4) is 0 Å². The van der Waals surface area contributed by atoms with Gasteiger partial charge in [-0.3, -0.25) is 9.59 Å². The average Bonchev–Trinajstić information content (AvgIpc) is 2.57. The van der Waals surface area contributed by atoms with Gasteiger partial charge in [0.2, 0.25) is 11.8 Å². The molecule has 0 unspecified atom stereocenters. The summed E-state index contributed by atoms with van der Waals surface area (Å²) in [6.45, 7) is 2.86. The van der Waals surface area contributed by atoms with Crippen molar-refractivity contribution in [2.24, 2.45) is 0 Å². The van der Waals surface area contributed by atoms with Crippen molar-refractivity contribution in [1.82, 2.24) is 10.2 Å². The SMILES string of the molecule is CC(=O)N(CCNC(=O)Cc1ccc(Cl)cc1)Cc1ccc(Cl)cc1. The largest absolute Gasteiger partial charge is 0.354 e. The van der Waals surface area contributed by atoms with Crippen LogP contribution in [-0.2, 0) is 22.6 Å². The van der Waals surface area contributed by atoms with E-state index >= 15 is 0 Å². The van der Waals surface area contributed by atoms with Crippen LogP contribution in [-0.4, -0.2) is 29.8 Å². The van der Waals surface area contributed by atoms with Gasteiger partial charge in [-0.25, -0.2) is 0 Å². The quantitative estimate of drug-likeness (QED) is 0.798. The first-order chi connectivity index (χ1) is 11.9. The number of amides is 2. The summed E-state index contributed by atoms with van der Waals surface area (Å²) in [5.41, 5.74) is 1.89. The van der Waals surface area contributed by atoms with Crippen LogP contribution in [0.25, 0.3) is 0 Å². The van der Waals surface area contributed by atoms with E-state index in [1.165, 1.54) is 6.92 Å². The summed E-state index contributed by atoms with van der Waals surface area (Å²) in [5.74, 6) is -0.126. The number of hydrogen-bond acceptors (Lipinski definition) is 2. The Balaban J connectivity index is 1.80. The van der Waals surface area contributed by atoms with E-state index in [-0.39, 0.29) is 18.2 Å². The molecule has 4 nitrogen and oxygen atoms in total. The summed E-state index contributed by atoms with van der Waals surface area (Å²) in [7, 11) is 0. The second-order valence-corrected chi connectivity index (χ2v) is 6.59. The molecule has 0 aliphatic carbocycles. The third kappa shape index (κ3) is 6.77. The van der Waals surface area contributed by atoms with Gasteiger partial charge in [-0.05, 0) is 35.4 Å².